The van der Waals surface area contributed by atoms with Crippen molar-refractivity contribution in [1.82, 2.24) is 5.32 Å². The summed E-state index contributed by atoms with van der Waals surface area (Å²) >= 11 is 9.07. The SMILES string of the molecule is CC(C)(CCCl)CNCc1cc(Br)ccc1F. The molecule has 17 heavy (non-hydrogen) atoms. The lowest BCUT2D eigenvalue weighted by Crippen LogP contribution is -2.29. The molecule has 1 rings (SSSR count). The van der Waals surface area contributed by atoms with Gasteiger partial charge in [0.05, 0.1) is 0 Å². The normalized spacial score (nSPS) is 11.8. The van der Waals surface area contributed by atoms with Crippen LogP contribution in [-0.4, -0.2) is 12.4 Å². The molecule has 1 aromatic rings. The fraction of sp³-hybridized carbons (Fsp3) is 0.538. The van der Waals surface area contributed by atoms with E-state index in [1.807, 2.05) is 0 Å². The van der Waals surface area contributed by atoms with Crippen LogP contribution in [0.25, 0.3) is 0 Å². The maximum absolute atomic E-state index is 13.5. The zero-order valence-corrected chi connectivity index (χ0v) is 12.5. The minimum Gasteiger partial charge on any atom is -0.312 e. The summed E-state index contributed by atoms with van der Waals surface area (Å²) in [5, 5.41) is 3.28. The van der Waals surface area contributed by atoms with E-state index in [1.165, 1.54) is 6.07 Å². The van der Waals surface area contributed by atoms with Crippen molar-refractivity contribution in [2.24, 2.45) is 5.41 Å². The third-order valence-electron chi connectivity index (χ3n) is 2.70. The minimum atomic E-state index is -0.171. The van der Waals surface area contributed by atoms with Crippen LogP contribution in [0.5, 0.6) is 0 Å². The van der Waals surface area contributed by atoms with Crippen molar-refractivity contribution in [2.75, 3.05) is 12.4 Å². The van der Waals surface area contributed by atoms with E-state index < -0.39 is 0 Å². The van der Waals surface area contributed by atoms with Gasteiger partial charge in [-0.1, -0.05) is 29.8 Å². The Balaban J connectivity index is 2.48. The summed E-state index contributed by atoms with van der Waals surface area (Å²) in [6.45, 7) is 5.67. The van der Waals surface area contributed by atoms with Gasteiger partial charge < -0.3 is 5.32 Å². The van der Waals surface area contributed by atoms with E-state index in [0.29, 0.717) is 18.0 Å². The number of rotatable bonds is 6. The molecule has 0 fully saturated rings. The molecule has 0 saturated carbocycles. The maximum Gasteiger partial charge on any atom is 0.127 e. The van der Waals surface area contributed by atoms with E-state index >= 15 is 0 Å². The van der Waals surface area contributed by atoms with Gasteiger partial charge in [-0.25, -0.2) is 4.39 Å². The van der Waals surface area contributed by atoms with E-state index in [0.717, 1.165) is 17.4 Å². The van der Waals surface area contributed by atoms with Crippen LogP contribution in [0.2, 0.25) is 0 Å². The van der Waals surface area contributed by atoms with Crippen LogP contribution in [0.1, 0.15) is 25.8 Å². The van der Waals surface area contributed by atoms with Gasteiger partial charge in [-0.3, -0.25) is 0 Å². The number of alkyl halides is 1. The summed E-state index contributed by atoms with van der Waals surface area (Å²) in [5.74, 6) is 0.482. The molecule has 4 heteroatoms. The molecule has 0 aliphatic heterocycles. The summed E-state index contributed by atoms with van der Waals surface area (Å²) in [7, 11) is 0. The number of benzene rings is 1. The van der Waals surface area contributed by atoms with Crippen molar-refractivity contribution in [3.05, 3.63) is 34.1 Å². The van der Waals surface area contributed by atoms with Gasteiger partial charge in [-0.15, -0.1) is 11.6 Å². The minimum absolute atomic E-state index is 0.143. The van der Waals surface area contributed by atoms with Gasteiger partial charge in [0, 0.05) is 29.0 Å². The molecule has 0 atom stereocenters. The predicted octanol–water partition coefficient (Wildman–Crippen LogP) is 4.33. The molecule has 0 aromatic heterocycles. The van der Waals surface area contributed by atoms with E-state index in [4.69, 9.17) is 11.6 Å². The van der Waals surface area contributed by atoms with E-state index in [9.17, 15) is 4.39 Å². The predicted molar refractivity (Wildman–Crippen MR) is 74.9 cm³/mol. The highest BCUT2D eigenvalue weighted by atomic mass is 79.9. The van der Waals surface area contributed by atoms with Gasteiger partial charge in [0.1, 0.15) is 5.82 Å². The second-order valence-electron chi connectivity index (χ2n) is 4.94. The molecular formula is C13H18BrClFN. The molecule has 0 aliphatic rings. The summed E-state index contributed by atoms with van der Waals surface area (Å²) in [4.78, 5) is 0. The third-order valence-corrected chi connectivity index (χ3v) is 3.38. The van der Waals surface area contributed by atoms with Gasteiger partial charge in [0.15, 0.2) is 0 Å². The monoisotopic (exact) mass is 321 g/mol. The molecule has 0 saturated heterocycles. The standard InChI is InChI=1S/C13H18BrClFN/c1-13(2,5-6-15)9-17-8-10-7-11(14)3-4-12(10)16/h3-4,7,17H,5-6,8-9H2,1-2H3. The van der Waals surface area contributed by atoms with Gasteiger partial charge in [0.25, 0.3) is 0 Å². The molecule has 0 aliphatic carbocycles. The van der Waals surface area contributed by atoms with Crippen molar-refractivity contribution >= 4 is 27.5 Å². The highest BCUT2D eigenvalue weighted by molar-refractivity contribution is 9.10. The van der Waals surface area contributed by atoms with Crippen LogP contribution in [0.4, 0.5) is 4.39 Å². The Morgan fingerprint density at radius 1 is 1.41 bits per heavy atom. The summed E-state index contributed by atoms with van der Waals surface area (Å²) in [6, 6.07) is 4.98. The van der Waals surface area contributed by atoms with Gasteiger partial charge in [-0.2, -0.15) is 0 Å². The molecule has 1 aromatic carbocycles. The van der Waals surface area contributed by atoms with Gasteiger partial charge >= 0.3 is 0 Å². The molecule has 0 heterocycles. The van der Waals surface area contributed by atoms with Crippen LogP contribution in [0, 0.1) is 11.2 Å². The topological polar surface area (TPSA) is 12.0 Å². The average Bonchev–Trinajstić information content (AvgIpc) is 2.23. The highest BCUT2D eigenvalue weighted by Gasteiger charge is 2.16. The lowest BCUT2D eigenvalue weighted by molar-refractivity contribution is 0.328. The first-order valence-corrected chi connectivity index (χ1v) is 6.98. The Kier molecular flexibility index (Phi) is 5.90. The lowest BCUT2D eigenvalue weighted by atomic mass is 9.90. The molecule has 0 amide bonds. The lowest BCUT2D eigenvalue weighted by Gasteiger charge is -2.24. The first kappa shape index (κ1) is 14.9. The molecule has 0 bridgehead atoms. The van der Waals surface area contributed by atoms with Crippen LogP contribution < -0.4 is 5.32 Å². The first-order chi connectivity index (χ1) is 7.94. The quantitative estimate of drug-likeness (QED) is 0.769. The molecular weight excluding hydrogens is 305 g/mol. The Labute approximate surface area is 116 Å². The molecule has 1 nitrogen and oxygen atoms in total. The second kappa shape index (κ2) is 6.72. The molecule has 96 valence electrons. The number of halogens is 3. The van der Waals surface area contributed by atoms with E-state index in [2.05, 4.69) is 35.1 Å². The zero-order valence-electron chi connectivity index (χ0n) is 10.2. The van der Waals surface area contributed by atoms with Crippen molar-refractivity contribution in [3.63, 3.8) is 0 Å². The fourth-order valence-corrected chi connectivity index (χ4v) is 2.48. The second-order valence-corrected chi connectivity index (χ2v) is 6.24. The van der Waals surface area contributed by atoms with Crippen molar-refractivity contribution < 1.29 is 4.39 Å². The zero-order chi connectivity index (χ0) is 12.9. The van der Waals surface area contributed by atoms with Crippen molar-refractivity contribution in [2.45, 2.75) is 26.8 Å². The van der Waals surface area contributed by atoms with E-state index in [1.54, 1.807) is 12.1 Å². The molecule has 0 spiro atoms. The summed E-state index contributed by atoms with van der Waals surface area (Å²) in [6.07, 6.45) is 0.947. The number of nitrogens with one attached hydrogen (secondary N) is 1. The Morgan fingerprint density at radius 2 is 2.12 bits per heavy atom. The van der Waals surface area contributed by atoms with Gasteiger partial charge in [-0.05, 0) is 30.0 Å². The van der Waals surface area contributed by atoms with Crippen molar-refractivity contribution in [3.8, 4) is 0 Å². The van der Waals surface area contributed by atoms with Gasteiger partial charge in [0.2, 0.25) is 0 Å². The number of hydrogen-bond acceptors (Lipinski definition) is 1. The molecule has 1 N–H and O–H groups in total. The van der Waals surface area contributed by atoms with Crippen LogP contribution in [0.15, 0.2) is 22.7 Å². The first-order valence-electron chi connectivity index (χ1n) is 5.65. The summed E-state index contributed by atoms with van der Waals surface area (Å²) < 4.78 is 14.4. The van der Waals surface area contributed by atoms with E-state index in [-0.39, 0.29) is 11.2 Å². The highest BCUT2D eigenvalue weighted by Crippen LogP contribution is 2.20. The third kappa shape index (κ3) is 5.36. The van der Waals surface area contributed by atoms with Crippen LogP contribution in [0.3, 0.4) is 0 Å². The molecule has 0 unspecified atom stereocenters. The molecule has 0 radical (unpaired) electrons. The maximum atomic E-state index is 13.5. The van der Waals surface area contributed by atoms with Crippen LogP contribution >= 0.6 is 27.5 Å². The Morgan fingerprint density at radius 3 is 2.76 bits per heavy atom. The number of hydrogen-bond donors (Lipinski definition) is 1. The van der Waals surface area contributed by atoms with Crippen LogP contribution in [-0.2, 0) is 6.54 Å². The smallest absolute Gasteiger partial charge is 0.127 e. The summed E-state index contributed by atoms with van der Waals surface area (Å²) in [5.41, 5.74) is 0.825. The van der Waals surface area contributed by atoms with Crippen molar-refractivity contribution in [1.29, 1.82) is 0 Å². The largest absolute Gasteiger partial charge is 0.312 e. The Bertz CT molecular complexity index is 368. The fourth-order valence-electron chi connectivity index (χ4n) is 1.56. The Hall–Kier alpha value is -0.120. The average molecular weight is 323 g/mol.